The van der Waals surface area contributed by atoms with Gasteiger partial charge in [0.1, 0.15) is 11.1 Å². The molecule has 0 bridgehead atoms. The minimum Gasteiger partial charge on any atom is -0.240 e. The maximum Gasteiger partial charge on any atom is 0.417 e. The number of hydrogen-bond donors (Lipinski definition) is 0. The average Bonchev–Trinajstić information content (AvgIpc) is 2.62. The quantitative estimate of drug-likeness (QED) is 0.407. The van der Waals surface area contributed by atoms with Crippen LogP contribution in [0, 0.1) is 11.3 Å². The van der Waals surface area contributed by atoms with Gasteiger partial charge in [-0.2, -0.15) is 18.4 Å². The Morgan fingerprint density at radius 1 is 1.07 bits per heavy atom. The van der Waals surface area contributed by atoms with Crippen LogP contribution < -0.4 is 0 Å². The topological polar surface area (TPSA) is 36.7 Å². The van der Waals surface area contributed by atoms with Gasteiger partial charge in [-0.25, -0.2) is 4.98 Å². The fourth-order valence-electron chi connectivity index (χ4n) is 2.34. The van der Waals surface area contributed by atoms with Crippen LogP contribution in [0.5, 0.6) is 0 Å². The van der Waals surface area contributed by atoms with Gasteiger partial charge < -0.3 is 0 Å². The van der Waals surface area contributed by atoms with Gasteiger partial charge in [0, 0.05) is 20.0 Å². The van der Waals surface area contributed by atoms with E-state index in [0.29, 0.717) is 15.5 Å². The normalized spacial score (nSPS) is 11.3. The molecule has 0 N–H and O–H groups in total. The Bertz CT molecular complexity index is 1030. The predicted octanol–water partition coefficient (Wildman–Crippen LogP) is 7.21. The molecule has 136 valence electrons. The van der Waals surface area contributed by atoms with Crippen molar-refractivity contribution in [2.24, 2.45) is 0 Å². The molecule has 0 fully saturated rings. The Kier molecular flexibility index (Phi) is 5.80. The minimum absolute atomic E-state index is 0.00961. The first-order valence-electron chi connectivity index (χ1n) is 7.49. The van der Waals surface area contributed by atoms with Crippen molar-refractivity contribution in [2.45, 2.75) is 16.1 Å². The third kappa shape index (κ3) is 4.64. The summed E-state index contributed by atoms with van der Waals surface area (Å²) in [5.74, 6) is 0. The molecule has 0 aliphatic heterocycles. The van der Waals surface area contributed by atoms with Crippen molar-refractivity contribution in [3.05, 3.63) is 75.2 Å². The van der Waals surface area contributed by atoms with Crippen molar-refractivity contribution in [1.29, 1.82) is 5.26 Å². The molecule has 0 saturated heterocycles. The zero-order valence-electron chi connectivity index (χ0n) is 13.4. The highest BCUT2D eigenvalue weighted by molar-refractivity contribution is 9.10. The molecule has 27 heavy (non-hydrogen) atoms. The molecule has 2 nitrogen and oxygen atoms in total. The highest BCUT2D eigenvalue weighted by Crippen LogP contribution is 2.40. The Balaban J connectivity index is 2.19. The van der Waals surface area contributed by atoms with Crippen LogP contribution in [-0.4, -0.2) is 4.98 Å². The Hall–Kier alpha value is -2.01. The summed E-state index contributed by atoms with van der Waals surface area (Å²) in [5, 5.41) is 9.73. The molecule has 1 aromatic heterocycles. The maximum absolute atomic E-state index is 13.6. The molecule has 3 aromatic rings. The summed E-state index contributed by atoms with van der Waals surface area (Å²) in [5.41, 5.74) is -0.977. The van der Waals surface area contributed by atoms with E-state index in [-0.39, 0.29) is 10.7 Å². The van der Waals surface area contributed by atoms with Crippen molar-refractivity contribution < 1.29 is 13.2 Å². The number of rotatable bonds is 3. The van der Waals surface area contributed by atoms with Crippen LogP contribution in [0.4, 0.5) is 13.2 Å². The number of pyridine rings is 1. The van der Waals surface area contributed by atoms with Crippen molar-refractivity contribution in [3.8, 4) is 17.3 Å². The molecule has 0 saturated carbocycles. The second-order valence-electron chi connectivity index (χ2n) is 5.41. The van der Waals surface area contributed by atoms with E-state index in [1.165, 1.54) is 6.07 Å². The predicted molar refractivity (Wildman–Crippen MR) is 103 cm³/mol. The Morgan fingerprint density at radius 3 is 2.37 bits per heavy atom. The first kappa shape index (κ1) is 19.7. The number of aromatic nitrogens is 1. The fraction of sp³-hybridized carbons (Fsp3) is 0.0526. The average molecular weight is 470 g/mol. The third-order valence-corrected chi connectivity index (χ3v) is 5.31. The molecule has 0 spiro atoms. The summed E-state index contributed by atoms with van der Waals surface area (Å²) < 4.78 is 41.5. The van der Waals surface area contributed by atoms with E-state index in [4.69, 9.17) is 11.6 Å². The van der Waals surface area contributed by atoms with E-state index >= 15 is 0 Å². The lowest BCUT2D eigenvalue weighted by Gasteiger charge is -2.14. The smallest absolute Gasteiger partial charge is 0.240 e. The van der Waals surface area contributed by atoms with Gasteiger partial charge in [0.2, 0.25) is 0 Å². The van der Waals surface area contributed by atoms with E-state index in [9.17, 15) is 18.4 Å². The Labute approximate surface area is 171 Å². The summed E-state index contributed by atoms with van der Waals surface area (Å²) in [6, 6.07) is 15.9. The standard InChI is InChI=1S/C19H9BrClF3N2S/c20-12-4-6-14(7-5-12)27-18-15(10-25)16(19(22,23)24)9-17(26-18)11-2-1-3-13(21)8-11/h1-9H. The third-order valence-electron chi connectivity index (χ3n) is 3.55. The van der Waals surface area contributed by atoms with Crippen molar-refractivity contribution in [1.82, 2.24) is 4.98 Å². The van der Waals surface area contributed by atoms with Gasteiger partial charge in [-0.3, -0.25) is 0 Å². The first-order chi connectivity index (χ1) is 12.8. The van der Waals surface area contributed by atoms with E-state index < -0.39 is 17.3 Å². The van der Waals surface area contributed by atoms with Crippen LogP contribution in [0.25, 0.3) is 11.3 Å². The molecule has 1 heterocycles. The van der Waals surface area contributed by atoms with Crippen molar-refractivity contribution in [3.63, 3.8) is 0 Å². The Morgan fingerprint density at radius 2 is 1.78 bits per heavy atom. The highest BCUT2D eigenvalue weighted by atomic mass is 79.9. The molecule has 0 atom stereocenters. The van der Waals surface area contributed by atoms with Gasteiger partial charge in [0.25, 0.3) is 0 Å². The number of benzene rings is 2. The highest BCUT2D eigenvalue weighted by Gasteiger charge is 2.36. The van der Waals surface area contributed by atoms with Gasteiger partial charge in [-0.05, 0) is 42.5 Å². The lowest BCUT2D eigenvalue weighted by molar-refractivity contribution is -0.138. The zero-order chi connectivity index (χ0) is 19.6. The largest absolute Gasteiger partial charge is 0.417 e. The second-order valence-corrected chi connectivity index (χ2v) is 7.83. The van der Waals surface area contributed by atoms with E-state index in [2.05, 4.69) is 20.9 Å². The number of nitrogens with zero attached hydrogens (tertiary/aromatic N) is 2. The second kappa shape index (κ2) is 7.93. The van der Waals surface area contributed by atoms with E-state index in [1.54, 1.807) is 48.5 Å². The van der Waals surface area contributed by atoms with Gasteiger partial charge >= 0.3 is 6.18 Å². The van der Waals surface area contributed by atoms with Crippen molar-refractivity contribution in [2.75, 3.05) is 0 Å². The monoisotopic (exact) mass is 468 g/mol. The number of hydrogen-bond acceptors (Lipinski definition) is 3. The van der Waals surface area contributed by atoms with E-state index in [1.807, 2.05) is 0 Å². The maximum atomic E-state index is 13.6. The lowest BCUT2D eigenvalue weighted by atomic mass is 10.1. The zero-order valence-corrected chi connectivity index (χ0v) is 16.5. The summed E-state index contributed by atoms with van der Waals surface area (Å²) >= 11 is 10.3. The van der Waals surface area contributed by atoms with E-state index in [0.717, 1.165) is 22.3 Å². The van der Waals surface area contributed by atoms with Crippen LogP contribution in [0.3, 0.4) is 0 Å². The van der Waals surface area contributed by atoms with Gasteiger partial charge in [0.15, 0.2) is 0 Å². The number of halogens is 5. The first-order valence-corrected chi connectivity index (χ1v) is 9.48. The molecule has 8 heteroatoms. The molecule has 0 unspecified atom stereocenters. The fourth-order valence-corrected chi connectivity index (χ4v) is 3.69. The molecule has 0 amide bonds. The molecular weight excluding hydrogens is 461 g/mol. The molecule has 3 rings (SSSR count). The van der Waals surface area contributed by atoms with Crippen LogP contribution >= 0.6 is 39.3 Å². The molecule has 0 aliphatic carbocycles. The molecular formula is C19H9BrClF3N2S. The number of alkyl halides is 3. The van der Waals surface area contributed by atoms with Crippen molar-refractivity contribution >= 4 is 39.3 Å². The summed E-state index contributed by atoms with van der Waals surface area (Å²) in [6.45, 7) is 0. The van der Waals surface area contributed by atoms with Gasteiger partial charge in [-0.15, -0.1) is 0 Å². The van der Waals surface area contributed by atoms with Gasteiger partial charge in [0.05, 0.1) is 16.8 Å². The minimum atomic E-state index is -4.68. The molecule has 0 aliphatic rings. The summed E-state index contributed by atoms with van der Waals surface area (Å²) in [7, 11) is 0. The van der Waals surface area contributed by atoms with Crippen LogP contribution in [0.2, 0.25) is 5.02 Å². The van der Waals surface area contributed by atoms with Crippen LogP contribution in [0.1, 0.15) is 11.1 Å². The SMILES string of the molecule is N#Cc1c(C(F)(F)F)cc(-c2cccc(Cl)c2)nc1Sc1ccc(Br)cc1. The molecule has 0 radical (unpaired) electrons. The van der Waals surface area contributed by atoms with Crippen LogP contribution in [0.15, 0.2) is 69.0 Å². The number of nitriles is 1. The van der Waals surface area contributed by atoms with Gasteiger partial charge in [-0.1, -0.05) is 51.4 Å². The lowest BCUT2D eigenvalue weighted by Crippen LogP contribution is -2.10. The molecule has 2 aromatic carbocycles. The van der Waals surface area contributed by atoms with Crippen LogP contribution in [-0.2, 0) is 6.18 Å². The summed E-state index contributed by atoms with van der Waals surface area (Å²) in [6.07, 6.45) is -4.68. The summed E-state index contributed by atoms with van der Waals surface area (Å²) in [4.78, 5) is 4.98.